The van der Waals surface area contributed by atoms with Crippen LogP contribution in [0.1, 0.15) is 49.1 Å². The van der Waals surface area contributed by atoms with E-state index in [9.17, 15) is 4.39 Å². The first-order chi connectivity index (χ1) is 15.5. The van der Waals surface area contributed by atoms with Gasteiger partial charge in [-0.05, 0) is 38.7 Å². The third-order valence-electron chi connectivity index (χ3n) is 5.92. The molecule has 32 heavy (non-hydrogen) atoms. The number of hydrogen-bond donors (Lipinski definition) is 0. The first kappa shape index (κ1) is 19.3. The molecule has 6 rings (SSSR count). The van der Waals surface area contributed by atoms with Gasteiger partial charge in [-0.2, -0.15) is 4.98 Å². The lowest BCUT2D eigenvalue weighted by molar-refractivity contribution is -0.0333. The molecule has 9 nitrogen and oxygen atoms in total. The molecule has 0 amide bonds. The van der Waals surface area contributed by atoms with Crippen LogP contribution in [0.4, 0.5) is 10.2 Å². The number of hydrogen-bond acceptors (Lipinski definition) is 8. The monoisotopic (exact) mass is 435 g/mol. The molecule has 5 heterocycles. The average Bonchev–Trinajstić information content (AvgIpc) is 3.41. The molecule has 10 heteroatoms. The summed E-state index contributed by atoms with van der Waals surface area (Å²) in [5, 5.41) is 3.87. The fourth-order valence-corrected chi connectivity index (χ4v) is 4.24. The summed E-state index contributed by atoms with van der Waals surface area (Å²) in [6.45, 7) is 4.99. The van der Waals surface area contributed by atoms with Crippen LogP contribution in [0.5, 0.6) is 0 Å². The van der Waals surface area contributed by atoms with Crippen molar-refractivity contribution < 1.29 is 13.7 Å². The average molecular weight is 435 g/mol. The maximum absolute atomic E-state index is 14.4. The van der Waals surface area contributed by atoms with Crippen LogP contribution < -0.4 is 4.90 Å². The van der Waals surface area contributed by atoms with Crippen molar-refractivity contribution in [1.82, 2.24) is 29.5 Å². The minimum atomic E-state index is -0.335. The maximum atomic E-state index is 14.4. The van der Waals surface area contributed by atoms with Gasteiger partial charge in [0.05, 0.1) is 18.8 Å². The second-order valence-electron chi connectivity index (χ2n) is 8.48. The van der Waals surface area contributed by atoms with E-state index in [2.05, 4.69) is 25.0 Å². The van der Waals surface area contributed by atoms with Crippen LogP contribution in [0, 0.1) is 12.7 Å². The molecule has 1 saturated carbocycles. The molecule has 1 aliphatic heterocycles. The van der Waals surface area contributed by atoms with Crippen molar-refractivity contribution in [3.8, 4) is 11.5 Å². The number of nitrogens with zero attached hydrogens (tertiary/aromatic N) is 7. The standard InChI is InChI=1S/C22H22FN7O2/c1-12-9-29(11-18(31-12)22-26-13(2)28-32-22)19-5-6-24-21(27-19)17-8-25-20-7-16(23)15(10-30(17)20)14-3-4-14/h5-8,10,12,14,18H,3-4,9,11H2,1-2H3/t12-,18-/m0/s1. The van der Waals surface area contributed by atoms with E-state index in [1.165, 1.54) is 6.07 Å². The first-order valence-corrected chi connectivity index (χ1v) is 10.8. The highest BCUT2D eigenvalue weighted by Crippen LogP contribution is 2.41. The third kappa shape index (κ3) is 3.40. The molecule has 1 saturated heterocycles. The van der Waals surface area contributed by atoms with Crippen molar-refractivity contribution in [3.05, 3.63) is 53.8 Å². The van der Waals surface area contributed by atoms with Crippen molar-refractivity contribution >= 4 is 11.5 Å². The lowest BCUT2D eigenvalue weighted by Gasteiger charge is -2.36. The molecule has 164 valence electrons. The van der Waals surface area contributed by atoms with E-state index in [-0.39, 0.29) is 18.0 Å². The van der Waals surface area contributed by atoms with Gasteiger partial charge in [-0.1, -0.05) is 5.16 Å². The Labute approximate surface area is 183 Å². The van der Waals surface area contributed by atoms with Gasteiger partial charge in [-0.3, -0.25) is 4.40 Å². The zero-order valence-corrected chi connectivity index (χ0v) is 17.8. The number of fused-ring (bicyclic) bond motifs is 1. The van der Waals surface area contributed by atoms with E-state index in [0.717, 1.165) is 29.9 Å². The SMILES string of the molecule is Cc1noc([C@@H]2CN(c3ccnc(-c4cnc5cc(F)c(C6CC6)cn45)n3)C[C@H](C)O2)n1. The van der Waals surface area contributed by atoms with Crippen molar-refractivity contribution in [1.29, 1.82) is 0 Å². The first-order valence-electron chi connectivity index (χ1n) is 10.8. The fourth-order valence-electron chi connectivity index (χ4n) is 4.24. The largest absolute Gasteiger partial charge is 0.362 e. The normalized spacial score (nSPS) is 21.4. The van der Waals surface area contributed by atoms with Gasteiger partial charge in [0.25, 0.3) is 5.89 Å². The van der Waals surface area contributed by atoms with E-state index in [4.69, 9.17) is 14.2 Å². The number of rotatable bonds is 4. The smallest absolute Gasteiger partial charge is 0.257 e. The number of morpholine rings is 1. The van der Waals surface area contributed by atoms with Crippen molar-refractivity contribution in [2.45, 2.75) is 44.8 Å². The van der Waals surface area contributed by atoms with E-state index in [1.54, 1.807) is 19.3 Å². The van der Waals surface area contributed by atoms with Crippen LogP contribution in [0.15, 0.2) is 35.2 Å². The molecular weight excluding hydrogens is 413 g/mol. The highest BCUT2D eigenvalue weighted by atomic mass is 19.1. The maximum Gasteiger partial charge on any atom is 0.257 e. The Balaban J connectivity index is 1.34. The second kappa shape index (κ2) is 7.33. The molecule has 0 radical (unpaired) electrons. The van der Waals surface area contributed by atoms with Crippen molar-refractivity contribution in [3.63, 3.8) is 0 Å². The highest BCUT2D eigenvalue weighted by Gasteiger charge is 2.31. The van der Waals surface area contributed by atoms with E-state index in [1.807, 2.05) is 23.6 Å². The summed E-state index contributed by atoms with van der Waals surface area (Å²) in [5.74, 6) is 2.44. The van der Waals surface area contributed by atoms with Gasteiger partial charge in [-0.25, -0.2) is 19.3 Å². The van der Waals surface area contributed by atoms with Gasteiger partial charge < -0.3 is 14.2 Å². The number of halogens is 1. The molecule has 0 bridgehead atoms. The molecule has 2 aliphatic rings. The zero-order chi connectivity index (χ0) is 21.8. The van der Waals surface area contributed by atoms with Crippen molar-refractivity contribution in [2.75, 3.05) is 18.0 Å². The molecule has 1 aliphatic carbocycles. The van der Waals surface area contributed by atoms with Crippen LogP contribution in [0.2, 0.25) is 0 Å². The summed E-state index contributed by atoms with van der Waals surface area (Å²) in [4.78, 5) is 20.1. The van der Waals surface area contributed by atoms with E-state index >= 15 is 0 Å². The number of ether oxygens (including phenoxy) is 1. The number of anilines is 1. The summed E-state index contributed by atoms with van der Waals surface area (Å²) in [7, 11) is 0. The second-order valence-corrected chi connectivity index (χ2v) is 8.48. The molecule has 2 fully saturated rings. The van der Waals surface area contributed by atoms with Gasteiger partial charge in [0, 0.05) is 30.6 Å². The fraction of sp³-hybridized carbons (Fsp3) is 0.409. The third-order valence-corrected chi connectivity index (χ3v) is 5.92. The predicted octanol–water partition coefficient (Wildman–Crippen LogP) is 3.47. The van der Waals surface area contributed by atoms with Crippen LogP contribution >= 0.6 is 0 Å². The van der Waals surface area contributed by atoms with Crippen LogP contribution in [0.25, 0.3) is 17.2 Å². The van der Waals surface area contributed by atoms with Gasteiger partial charge in [-0.15, -0.1) is 0 Å². The Morgan fingerprint density at radius 3 is 2.81 bits per heavy atom. The summed E-state index contributed by atoms with van der Waals surface area (Å²) >= 11 is 0. The molecule has 0 unspecified atom stereocenters. The summed E-state index contributed by atoms with van der Waals surface area (Å²) in [5.41, 5.74) is 2.00. The van der Waals surface area contributed by atoms with Crippen molar-refractivity contribution in [2.24, 2.45) is 0 Å². The lowest BCUT2D eigenvalue weighted by Crippen LogP contribution is -2.43. The van der Waals surface area contributed by atoms with Crippen LogP contribution in [-0.2, 0) is 4.74 Å². The topological polar surface area (TPSA) is 94.5 Å². The number of aromatic nitrogens is 6. The van der Waals surface area contributed by atoms with E-state index in [0.29, 0.717) is 42.2 Å². The molecule has 0 aromatic carbocycles. The molecular formula is C22H22FN7O2. The molecule has 0 N–H and O–H groups in total. The van der Waals surface area contributed by atoms with E-state index < -0.39 is 0 Å². The summed E-state index contributed by atoms with van der Waals surface area (Å²) in [6.07, 6.45) is 6.93. The Bertz CT molecular complexity index is 1300. The number of pyridine rings is 1. The quantitative estimate of drug-likeness (QED) is 0.481. The van der Waals surface area contributed by atoms with Gasteiger partial charge in [0.2, 0.25) is 0 Å². The Hall–Kier alpha value is -3.40. The Morgan fingerprint density at radius 2 is 2.03 bits per heavy atom. The molecule has 4 aromatic rings. The minimum Gasteiger partial charge on any atom is -0.362 e. The lowest BCUT2D eigenvalue weighted by atomic mass is 10.2. The molecule has 2 atom stereocenters. The van der Waals surface area contributed by atoms with Crippen LogP contribution in [0.3, 0.4) is 0 Å². The Kier molecular flexibility index (Phi) is 4.42. The summed E-state index contributed by atoms with van der Waals surface area (Å²) in [6, 6.07) is 3.36. The van der Waals surface area contributed by atoms with Crippen LogP contribution in [-0.4, -0.2) is 48.7 Å². The number of imidazole rings is 1. The Morgan fingerprint density at radius 1 is 1.16 bits per heavy atom. The van der Waals surface area contributed by atoms with Gasteiger partial charge >= 0.3 is 0 Å². The predicted molar refractivity (Wildman–Crippen MR) is 113 cm³/mol. The van der Waals surface area contributed by atoms with Gasteiger partial charge in [0.15, 0.2) is 17.8 Å². The summed E-state index contributed by atoms with van der Waals surface area (Å²) < 4.78 is 27.6. The molecule has 4 aromatic heterocycles. The number of aryl methyl sites for hydroxylation is 1. The minimum absolute atomic E-state index is 0.0424. The van der Waals surface area contributed by atoms with Gasteiger partial charge in [0.1, 0.15) is 23.0 Å². The highest BCUT2D eigenvalue weighted by molar-refractivity contribution is 5.59. The zero-order valence-electron chi connectivity index (χ0n) is 17.8. The molecule has 0 spiro atoms.